The van der Waals surface area contributed by atoms with Gasteiger partial charge in [0.1, 0.15) is 11.6 Å². The van der Waals surface area contributed by atoms with Crippen molar-refractivity contribution in [1.82, 2.24) is 14.3 Å². The second kappa shape index (κ2) is 15.0. The number of allylic oxidation sites excluding steroid dienone is 2. The fourth-order valence-corrected chi connectivity index (χ4v) is 7.48. The molecule has 0 radical (unpaired) electrons. The van der Waals surface area contributed by atoms with Crippen LogP contribution in [0, 0.1) is 22.0 Å². The van der Waals surface area contributed by atoms with E-state index in [4.69, 9.17) is 9.72 Å². The van der Waals surface area contributed by atoms with Gasteiger partial charge in [0.25, 0.3) is 10.6 Å². The molecule has 0 spiro atoms. The predicted molar refractivity (Wildman–Crippen MR) is 165 cm³/mol. The number of hydrogen-bond donors (Lipinski definition) is 1. The van der Waals surface area contributed by atoms with Crippen LogP contribution < -0.4 is 10.3 Å². The molecular formula is C31H44N4O7S. The Morgan fingerprint density at radius 1 is 1.12 bits per heavy atom. The molecule has 43 heavy (non-hydrogen) atoms. The number of hydrogen-bond acceptors (Lipinski definition) is 8. The molecule has 1 fully saturated rings. The van der Waals surface area contributed by atoms with Gasteiger partial charge in [-0.2, -0.15) is 4.31 Å². The summed E-state index contributed by atoms with van der Waals surface area (Å²) in [4.78, 5) is 36.2. The van der Waals surface area contributed by atoms with Crippen LogP contribution in [-0.2, 0) is 21.3 Å². The number of ether oxygens (including phenoxy) is 1. The highest BCUT2D eigenvalue weighted by Crippen LogP contribution is 2.35. The number of benzene rings is 1. The van der Waals surface area contributed by atoms with E-state index >= 15 is 0 Å². The van der Waals surface area contributed by atoms with E-state index in [9.17, 15) is 23.3 Å². The third-order valence-electron chi connectivity index (χ3n) is 8.40. The quantitative estimate of drug-likeness (QED) is 0.160. The van der Waals surface area contributed by atoms with Crippen molar-refractivity contribution >= 4 is 15.6 Å². The van der Waals surface area contributed by atoms with Crippen LogP contribution in [0.2, 0.25) is 0 Å². The van der Waals surface area contributed by atoms with Crippen molar-refractivity contribution in [2.75, 3.05) is 26.3 Å². The Bertz CT molecular complexity index is 1460. The summed E-state index contributed by atoms with van der Waals surface area (Å²) in [5, 5.41) is 9.57. The Kier molecular flexibility index (Phi) is 11.4. The lowest BCUT2D eigenvalue weighted by Gasteiger charge is -2.31. The highest BCUT2D eigenvalue weighted by Gasteiger charge is 2.31. The summed E-state index contributed by atoms with van der Waals surface area (Å²) in [6, 6.07) is 4.78. The number of aromatic nitrogens is 2. The maximum Gasteiger partial charge on any atom is 0.294 e. The van der Waals surface area contributed by atoms with Crippen LogP contribution in [0.5, 0.6) is 5.75 Å². The van der Waals surface area contributed by atoms with Crippen LogP contribution in [0.3, 0.4) is 0 Å². The second-order valence-electron chi connectivity index (χ2n) is 11.4. The minimum absolute atomic E-state index is 0.0501. The molecule has 2 heterocycles. The summed E-state index contributed by atoms with van der Waals surface area (Å²) >= 11 is 0. The highest BCUT2D eigenvalue weighted by molar-refractivity contribution is 7.89. The van der Waals surface area contributed by atoms with Gasteiger partial charge in [0.15, 0.2) is 0 Å². The van der Waals surface area contributed by atoms with Gasteiger partial charge in [0.05, 0.1) is 29.4 Å². The van der Waals surface area contributed by atoms with Gasteiger partial charge in [-0.05, 0) is 93.4 Å². The average molecular weight is 617 g/mol. The van der Waals surface area contributed by atoms with E-state index in [1.807, 2.05) is 6.92 Å². The lowest BCUT2D eigenvalue weighted by molar-refractivity contribution is -0.757. The monoisotopic (exact) mass is 616 g/mol. The molecule has 1 aliphatic heterocycles. The lowest BCUT2D eigenvalue weighted by atomic mass is 9.93. The number of nitrogens with one attached hydrogen (secondary N) is 1. The van der Waals surface area contributed by atoms with Gasteiger partial charge in [0, 0.05) is 18.7 Å². The van der Waals surface area contributed by atoms with E-state index in [0.717, 1.165) is 44.1 Å². The van der Waals surface area contributed by atoms with Gasteiger partial charge < -0.3 is 14.6 Å². The molecular weight excluding hydrogens is 572 g/mol. The molecule has 4 rings (SSSR count). The van der Waals surface area contributed by atoms with Crippen LogP contribution >= 0.6 is 0 Å². The number of H-pyrrole nitrogens is 1. The molecule has 1 aromatic heterocycles. The zero-order valence-corrected chi connectivity index (χ0v) is 26.3. The minimum atomic E-state index is -3.82. The van der Waals surface area contributed by atoms with Crippen molar-refractivity contribution in [3.05, 3.63) is 56.0 Å². The average Bonchev–Trinajstić information content (AvgIpc) is 3.18. The Morgan fingerprint density at radius 2 is 1.88 bits per heavy atom. The highest BCUT2D eigenvalue weighted by atomic mass is 32.2. The maximum atomic E-state index is 13.8. The second-order valence-corrected chi connectivity index (χ2v) is 13.4. The molecule has 2 aromatic rings. The number of fused-ring (bicyclic) bond motifs is 1. The van der Waals surface area contributed by atoms with Crippen LogP contribution in [0.4, 0.5) is 0 Å². The SMILES string of the molecule is CCCOc1ccc(S(=O)(=O)N2CCC(CCCO[N+](=O)[O-])CC2)cc1-c1nc2c(c(=O)[nH]1)CCC(CC)C=C2CCC. The molecule has 1 atom stereocenters. The normalized spacial score (nSPS) is 18.0. The topological polar surface area (TPSA) is 145 Å². The van der Waals surface area contributed by atoms with Crippen LogP contribution in [-0.4, -0.2) is 54.1 Å². The third kappa shape index (κ3) is 8.03. The van der Waals surface area contributed by atoms with Crippen LogP contribution in [0.1, 0.15) is 89.8 Å². The van der Waals surface area contributed by atoms with E-state index < -0.39 is 15.1 Å². The molecule has 1 N–H and O–H groups in total. The number of sulfonamides is 1. The van der Waals surface area contributed by atoms with Gasteiger partial charge in [-0.3, -0.25) is 4.79 Å². The third-order valence-corrected chi connectivity index (χ3v) is 10.3. The number of aromatic amines is 1. The van der Waals surface area contributed by atoms with E-state index in [0.29, 0.717) is 79.7 Å². The van der Waals surface area contributed by atoms with Gasteiger partial charge >= 0.3 is 0 Å². The van der Waals surface area contributed by atoms with E-state index in [1.54, 1.807) is 18.2 Å². The van der Waals surface area contributed by atoms with E-state index in [2.05, 4.69) is 29.7 Å². The van der Waals surface area contributed by atoms with E-state index in [1.165, 1.54) is 4.31 Å². The fourth-order valence-electron chi connectivity index (χ4n) is 5.98. The van der Waals surface area contributed by atoms with Gasteiger partial charge in [0.2, 0.25) is 10.0 Å². The summed E-state index contributed by atoms with van der Waals surface area (Å²) in [5.74, 6) is 1.45. The van der Waals surface area contributed by atoms with Gasteiger partial charge in [-0.15, -0.1) is 10.1 Å². The lowest BCUT2D eigenvalue weighted by Crippen LogP contribution is -2.38. The summed E-state index contributed by atoms with van der Waals surface area (Å²) < 4.78 is 35.1. The zero-order chi connectivity index (χ0) is 31.0. The first kappa shape index (κ1) is 32.7. The summed E-state index contributed by atoms with van der Waals surface area (Å²) in [7, 11) is -3.82. The first-order chi connectivity index (χ1) is 20.7. The molecule has 0 amide bonds. The molecule has 1 aliphatic carbocycles. The number of piperidine rings is 1. The Labute approximate surface area is 253 Å². The molecule has 2 aliphatic rings. The molecule has 0 bridgehead atoms. The van der Waals surface area contributed by atoms with Crippen molar-refractivity contribution in [3.8, 4) is 17.1 Å². The first-order valence-electron chi connectivity index (χ1n) is 15.6. The zero-order valence-electron chi connectivity index (χ0n) is 25.5. The standard InChI is InChI=1S/C31H44N4O7S/c1-4-8-24-20-22(6-3)10-12-26-29(24)32-30(33-31(26)36)27-21-25(11-13-28(27)41-18-5-2)43(39,40)34-16-14-23(15-17-34)9-7-19-42-35(37)38/h11,13,20-23H,4-10,12,14-19H2,1-3H3,(H,32,33,36). The Hall–Kier alpha value is -3.25. The molecule has 236 valence electrons. The summed E-state index contributed by atoms with van der Waals surface area (Å²) in [6.07, 6.45) is 9.95. The molecule has 12 heteroatoms. The van der Waals surface area contributed by atoms with Crippen molar-refractivity contribution in [3.63, 3.8) is 0 Å². The maximum absolute atomic E-state index is 13.8. The van der Waals surface area contributed by atoms with Crippen molar-refractivity contribution in [1.29, 1.82) is 0 Å². The van der Waals surface area contributed by atoms with Gasteiger partial charge in [-0.25, -0.2) is 13.4 Å². The fraction of sp³-hybridized carbons (Fsp3) is 0.613. The van der Waals surface area contributed by atoms with Crippen molar-refractivity contribution in [2.45, 2.75) is 89.9 Å². The van der Waals surface area contributed by atoms with Crippen molar-refractivity contribution in [2.24, 2.45) is 11.8 Å². The number of rotatable bonds is 14. The smallest absolute Gasteiger partial charge is 0.294 e. The molecule has 11 nitrogen and oxygen atoms in total. The van der Waals surface area contributed by atoms with Gasteiger partial charge in [-0.1, -0.05) is 33.3 Å². The summed E-state index contributed by atoms with van der Waals surface area (Å²) in [5.41, 5.74) is 2.71. The summed E-state index contributed by atoms with van der Waals surface area (Å²) in [6.45, 7) is 7.48. The largest absolute Gasteiger partial charge is 0.493 e. The predicted octanol–water partition coefficient (Wildman–Crippen LogP) is 5.77. The first-order valence-corrected chi connectivity index (χ1v) is 17.0. The Balaban J connectivity index is 1.64. The molecule has 1 unspecified atom stereocenters. The van der Waals surface area contributed by atoms with Crippen LogP contribution in [0.15, 0.2) is 34.0 Å². The Morgan fingerprint density at radius 3 is 2.56 bits per heavy atom. The molecule has 0 saturated carbocycles. The van der Waals surface area contributed by atoms with E-state index in [-0.39, 0.29) is 23.0 Å². The minimum Gasteiger partial charge on any atom is -0.493 e. The molecule has 1 saturated heterocycles. The number of nitrogens with zero attached hydrogens (tertiary/aromatic N) is 3. The van der Waals surface area contributed by atoms with Crippen LogP contribution in [0.25, 0.3) is 17.0 Å². The van der Waals surface area contributed by atoms with Crippen molar-refractivity contribution < 1.29 is 23.1 Å². The molecule has 1 aromatic carbocycles.